The maximum atomic E-state index is 12.2. The summed E-state index contributed by atoms with van der Waals surface area (Å²) >= 11 is 11.8. The standard InChI is InChI=1S/C18H15Cl2N3O3/c1-3-26-18(25)14-10-23(21-11(14)2)13-6-4-12(5-7-13)22-9-8-15(19)16(20)17(22)24/h4-10H,3H2,1-2H3. The number of carbonyl (C=O) groups is 1. The minimum atomic E-state index is -0.407. The van der Waals surface area contributed by atoms with Gasteiger partial charge in [-0.3, -0.25) is 9.36 Å². The molecule has 0 aliphatic carbocycles. The molecule has 0 bridgehead atoms. The van der Waals surface area contributed by atoms with E-state index >= 15 is 0 Å². The summed E-state index contributed by atoms with van der Waals surface area (Å²) < 4.78 is 8.00. The molecule has 134 valence electrons. The van der Waals surface area contributed by atoms with E-state index in [9.17, 15) is 9.59 Å². The number of rotatable bonds is 4. The molecule has 0 aliphatic rings. The number of carbonyl (C=O) groups excluding carboxylic acids is 1. The Balaban J connectivity index is 1.94. The second kappa shape index (κ2) is 7.35. The average molecular weight is 392 g/mol. The van der Waals surface area contributed by atoms with Gasteiger partial charge in [-0.05, 0) is 44.2 Å². The molecule has 2 heterocycles. The topological polar surface area (TPSA) is 66.1 Å². The van der Waals surface area contributed by atoms with Crippen LogP contribution < -0.4 is 5.56 Å². The molecule has 3 rings (SSSR count). The first-order valence-corrected chi connectivity index (χ1v) is 8.58. The molecule has 0 amide bonds. The first-order chi connectivity index (χ1) is 12.4. The summed E-state index contributed by atoms with van der Waals surface area (Å²) in [6.07, 6.45) is 3.18. The maximum Gasteiger partial charge on any atom is 0.341 e. The molecule has 0 spiro atoms. The molecule has 26 heavy (non-hydrogen) atoms. The zero-order valence-electron chi connectivity index (χ0n) is 14.1. The Morgan fingerprint density at radius 3 is 2.46 bits per heavy atom. The van der Waals surface area contributed by atoms with Gasteiger partial charge in [0.2, 0.25) is 0 Å². The van der Waals surface area contributed by atoms with E-state index in [1.165, 1.54) is 4.57 Å². The number of aryl methyl sites for hydroxylation is 1. The third-order valence-corrected chi connectivity index (χ3v) is 4.55. The summed E-state index contributed by atoms with van der Waals surface area (Å²) in [7, 11) is 0. The molecule has 0 unspecified atom stereocenters. The molecule has 0 aliphatic heterocycles. The molecule has 0 saturated heterocycles. The molecule has 6 nitrogen and oxygen atoms in total. The lowest BCUT2D eigenvalue weighted by atomic mass is 10.2. The van der Waals surface area contributed by atoms with Gasteiger partial charge < -0.3 is 4.74 Å². The van der Waals surface area contributed by atoms with Crippen LogP contribution in [0.3, 0.4) is 0 Å². The molecule has 1 aromatic carbocycles. The van der Waals surface area contributed by atoms with Crippen LogP contribution in [0.1, 0.15) is 23.0 Å². The van der Waals surface area contributed by atoms with Crippen LogP contribution in [0.25, 0.3) is 11.4 Å². The predicted molar refractivity (Wildman–Crippen MR) is 99.9 cm³/mol. The number of halogens is 2. The minimum absolute atomic E-state index is 0.0278. The lowest BCUT2D eigenvalue weighted by molar-refractivity contribution is 0.0525. The Bertz CT molecular complexity index is 1020. The lowest BCUT2D eigenvalue weighted by Crippen LogP contribution is -2.18. The number of hydrogen-bond acceptors (Lipinski definition) is 4. The van der Waals surface area contributed by atoms with Crippen molar-refractivity contribution in [2.75, 3.05) is 6.61 Å². The van der Waals surface area contributed by atoms with Gasteiger partial charge in [0.25, 0.3) is 5.56 Å². The van der Waals surface area contributed by atoms with Crippen molar-refractivity contribution in [3.8, 4) is 11.4 Å². The molecular weight excluding hydrogens is 377 g/mol. The SMILES string of the molecule is CCOC(=O)c1cn(-c2ccc(-n3ccc(Cl)c(Cl)c3=O)cc2)nc1C. The predicted octanol–water partition coefficient (Wildman–Crippen LogP) is 3.82. The van der Waals surface area contributed by atoms with E-state index in [1.54, 1.807) is 61.3 Å². The van der Waals surface area contributed by atoms with Crippen molar-refractivity contribution in [2.24, 2.45) is 0 Å². The van der Waals surface area contributed by atoms with Crippen LogP contribution in [-0.4, -0.2) is 26.9 Å². The van der Waals surface area contributed by atoms with Crippen molar-refractivity contribution >= 4 is 29.2 Å². The Morgan fingerprint density at radius 1 is 1.15 bits per heavy atom. The second-order valence-electron chi connectivity index (χ2n) is 5.46. The van der Waals surface area contributed by atoms with E-state index in [0.717, 1.165) is 5.69 Å². The van der Waals surface area contributed by atoms with Crippen LogP contribution in [0.15, 0.2) is 47.5 Å². The van der Waals surface area contributed by atoms with Crippen molar-refractivity contribution in [1.82, 2.24) is 14.3 Å². The molecule has 3 aromatic rings. The molecule has 2 aromatic heterocycles. The fraction of sp³-hybridized carbons (Fsp3) is 0.167. The van der Waals surface area contributed by atoms with E-state index in [1.807, 2.05) is 0 Å². The lowest BCUT2D eigenvalue weighted by Gasteiger charge is -2.08. The highest BCUT2D eigenvalue weighted by Crippen LogP contribution is 2.19. The third-order valence-electron chi connectivity index (χ3n) is 3.77. The van der Waals surface area contributed by atoms with Gasteiger partial charge in [-0.1, -0.05) is 23.2 Å². The fourth-order valence-corrected chi connectivity index (χ4v) is 2.75. The second-order valence-corrected chi connectivity index (χ2v) is 6.25. The Hall–Kier alpha value is -2.57. The molecule has 0 atom stereocenters. The first kappa shape index (κ1) is 18.2. The molecule has 0 saturated carbocycles. The smallest absolute Gasteiger partial charge is 0.341 e. The van der Waals surface area contributed by atoms with Crippen LogP contribution in [0.2, 0.25) is 10.0 Å². The summed E-state index contributed by atoms with van der Waals surface area (Å²) in [5, 5.41) is 4.52. The summed E-state index contributed by atoms with van der Waals surface area (Å²) in [6, 6.07) is 8.63. The summed E-state index contributed by atoms with van der Waals surface area (Å²) in [6.45, 7) is 3.80. The van der Waals surface area contributed by atoms with Crippen LogP contribution >= 0.6 is 23.2 Å². The van der Waals surface area contributed by atoms with E-state index in [2.05, 4.69) is 5.10 Å². The number of nitrogens with zero attached hydrogens (tertiary/aromatic N) is 3. The minimum Gasteiger partial charge on any atom is -0.462 e. The van der Waals surface area contributed by atoms with E-state index in [4.69, 9.17) is 27.9 Å². The zero-order chi connectivity index (χ0) is 18.8. The highest BCUT2D eigenvalue weighted by Gasteiger charge is 2.15. The van der Waals surface area contributed by atoms with Crippen molar-refractivity contribution < 1.29 is 9.53 Å². The van der Waals surface area contributed by atoms with Gasteiger partial charge in [0.05, 0.1) is 23.0 Å². The zero-order valence-corrected chi connectivity index (χ0v) is 15.6. The van der Waals surface area contributed by atoms with Crippen LogP contribution in [0.5, 0.6) is 0 Å². The van der Waals surface area contributed by atoms with Gasteiger partial charge in [-0.2, -0.15) is 5.10 Å². The maximum absolute atomic E-state index is 12.2. The number of ether oxygens (including phenoxy) is 1. The van der Waals surface area contributed by atoms with Crippen LogP contribution in [0.4, 0.5) is 0 Å². The van der Waals surface area contributed by atoms with Gasteiger partial charge in [0.1, 0.15) is 10.6 Å². The van der Waals surface area contributed by atoms with E-state index < -0.39 is 11.5 Å². The normalized spacial score (nSPS) is 10.8. The van der Waals surface area contributed by atoms with Gasteiger partial charge in [-0.15, -0.1) is 0 Å². The van der Waals surface area contributed by atoms with Gasteiger partial charge in [0, 0.05) is 18.1 Å². The number of pyridine rings is 1. The Labute approximate surface area is 159 Å². The van der Waals surface area contributed by atoms with E-state index in [0.29, 0.717) is 23.6 Å². The summed E-state index contributed by atoms with van der Waals surface area (Å²) in [5.41, 5.74) is 1.96. The quantitative estimate of drug-likeness (QED) is 0.634. The highest BCUT2D eigenvalue weighted by atomic mass is 35.5. The Kier molecular flexibility index (Phi) is 5.15. The van der Waals surface area contributed by atoms with Crippen molar-refractivity contribution in [2.45, 2.75) is 13.8 Å². The van der Waals surface area contributed by atoms with Crippen LogP contribution in [0, 0.1) is 6.92 Å². The first-order valence-electron chi connectivity index (χ1n) is 7.83. The highest BCUT2D eigenvalue weighted by molar-refractivity contribution is 6.41. The Morgan fingerprint density at radius 2 is 1.81 bits per heavy atom. The van der Waals surface area contributed by atoms with Gasteiger partial charge >= 0.3 is 5.97 Å². The number of benzene rings is 1. The molecular formula is C18H15Cl2N3O3. The van der Waals surface area contributed by atoms with Crippen molar-refractivity contribution in [1.29, 1.82) is 0 Å². The van der Waals surface area contributed by atoms with Crippen molar-refractivity contribution in [3.63, 3.8) is 0 Å². The largest absolute Gasteiger partial charge is 0.462 e. The van der Waals surface area contributed by atoms with Gasteiger partial charge in [-0.25, -0.2) is 9.48 Å². The number of aromatic nitrogens is 3. The molecule has 0 N–H and O–H groups in total. The summed E-state index contributed by atoms with van der Waals surface area (Å²) in [5.74, 6) is -0.407. The average Bonchev–Trinajstić information content (AvgIpc) is 3.02. The van der Waals surface area contributed by atoms with Crippen LogP contribution in [-0.2, 0) is 4.74 Å². The number of hydrogen-bond donors (Lipinski definition) is 0. The monoisotopic (exact) mass is 391 g/mol. The van der Waals surface area contributed by atoms with Crippen molar-refractivity contribution in [3.05, 3.63) is 74.4 Å². The van der Waals surface area contributed by atoms with Gasteiger partial charge in [0.15, 0.2) is 0 Å². The number of esters is 1. The van der Waals surface area contributed by atoms with E-state index in [-0.39, 0.29) is 10.0 Å². The fourth-order valence-electron chi connectivity index (χ4n) is 2.46. The molecule has 8 heteroatoms. The summed E-state index contributed by atoms with van der Waals surface area (Å²) in [4.78, 5) is 24.1. The molecule has 0 fully saturated rings. The molecule has 0 radical (unpaired) electrons. The third kappa shape index (κ3) is 3.38.